The zero-order valence-electron chi connectivity index (χ0n) is 16.0. The van der Waals surface area contributed by atoms with Gasteiger partial charge in [0.2, 0.25) is 5.95 Å². The molecule has 0 fully saturated rings. The van der Waals surface area contributed by atoms with Gasteiger partial charge in [-0.3, -0.25) is 0 Å². The van der Waals surface area contributed by atoms with E-state index in [9.17, 15) is 19.4 Å². The van der Waals surface area contributed by atoms with Gasteiger partial charge in [0.25, 0.3) is 0 Å². The van der Waals surface area contributed by atoms with E-state index in [-0.39, 0.29) is 19.0 Å². The van der Waals surface area contributed by atoms with Crippen molar-refractivity contribution in [3.63, 3.8) is 0 Å². The number of rotatable bonds is 6. The Morgan fingerprint density at radius 3 is 2.35 bits per heavy atom. The summed E-state index contributed by atoms with van der Waals surface area (Å²) in [5.41, 5.74) is 7.37. The molecule has 0 unspecified atom stereocenters. The third-order valence-corrected chi connectivity index (χ3v) is 5.70. The van der Waals surface area contributed by atoms with Crippen LogP contribution >= 0.6 is 10.2 Å². The van der Waals surface area contributed by atoms with E-state index in [4.69, 9.17) is 10.5 Å². The molecule has 2 heterocycles. The molecular formula is C18H17F5N6OS. The van der Waals surface area contributed by atoms with Gasteiger partial charge in [0.05, 0.1) is 13.7 Å². The van der Waals surface area contributed by atoms with E-state index in [1.54, 1.807) is 18.2 Å². The lowest BCUT2D eigenvalue weighted by Crippen LogP contribution is -2.14. The summed E-state index contributed by atoms with van der Waals surface area (Å²) in [4.78, 5) is 6.82. The maximum Gasteiger partial charge on any atom is 0.310 e. The molecule has 0 atom stereocenters. The third-order valence-electron chi connectivity index (χ3n) is 4.54. The van der Waals surface area contributed by atoms with Gasteiger partial charge in [0.15, 0.2) is 11.5 Å². The highest BCUT2D eigenvalue weighted by atomic mass is 32.5. The highest BCUT2D eigenvalue weighted by molar-refractivity contribution is 8.45. The molecule has 31 heavy (non-hydrogen) atoms. The second kappa shape index (κ2) is 6.40. The van der Waals surface area contributed by atoms with Gasteiger partial charge in [-0.15, -0.1) is 5.10 Å². The number of nitrogens with one attached hydrogen (secondary N) is 1. The van der Waals surface area contributed by atoms with Crippen LogP contribution in [0.25, 0.3) is 16.6 Å². The number of nitrogens with two attached hydrogens (primary N) is 1. The van der Waals surface area contributed by atoms with Crippen LogP contribution in [0.15, 0.2) is 47.4 Å². The first kappa shape index (κ1) is 21.1. The van der Waals surface area contributed by atoms with Gasteiger partial charge in [0.1, 0.15) is 16.2 Å². The Bertz CT molecular complexity index is 1290. The number of anilines is 1. The Morgan fingerprint density at radius 2 is 1.71 bits per heavy atom. The first-order chi connectivity index (χ1) is 14.4. The smallest absolute Gasteiger partial charge is 0.310 e. The molecule has 0 aliphatic heterocycles. The lowest BCUT2D eigenvalue weighted by atomic mass is 10.2. The van der Waals surface area contributed by atoms with Crippen molar-refractivity contribution in [2.45, 2.75) is 18.0 Å². The Kier molecular flexibility index (Phi) is 4.35. The van der Waals surface area contributed by atoms with Crippen molar-refractivity contribution in [3.05, 3.63) is 53.9 Å². The molecule has 13 heteroatoms. The number of nitrogens with zero attached hydrogens (tertiary/aromatic N) is 4. The lowest BCUT2D eigenvalue weighted by Gasteiger charge is -2.40. The second-order valence-corrected chi connectivity index (χ2v) is 9.22. The standard InChI is InChI=1S/C18H17F5N6OS/c1-30-14-4-2-3-13-16(14)27-18(24)29-17(13)26-15(28-29)10-25-9-11-5-7-12(8-6-11)31(19,20,21,22)23/h2-8,25H,9-10H2,1H3,(H2,24,27). The molecule has 4 rings (SSSR count). The quantitative estimate of drug-likeness (QED) is 0.401. The summed E-state index contributed by atoms with van der Waals surface area (Å²) in [6, 6.07) is 8.08. The van der Waals surface area contributed by atoms with E-state index in [2.05, 4.69) is 20.4 Å². The van der Waals surface area contributed by atoms with Crippen LogP contribution in [0, 0.1) is 0 Å². The van der Waals surface area contributed by atoms with Crippen molar-refractivity contribution < 1.29 is 24.2 Å². The fourth-order valence-corrected chi connectivity index (χ4v) is 3.74. The molecule has 0 aliphatic rings. The molecule has 2 aromatic heterocycles. The molecule has 166 valence electrons. The van der Waals surface area contributed by atoms with Gasteiger partial charge < -0.3 is 15.8 Å². The van der Waals surface area contributed by atoms with E-state index in [0.717, 1.165) is 12.1 Å². The number of benzene rings is 2. The molecule has 3 N–H and O–H groups in total. The van der Waals surface area contributed by atoms with Crippen molar-refractivity contribution in [2.75, 3.05) is 12.8 Å². The van der Waals surface area contributed by atoms with Crippen LogP contribution < -0.4 is 15.8 Å². The first-order valence-electron chi connectivity index (χ1n) is 8.87. The van der Waals surface area contributed by atoms with Crippen LogP contribution in [-0.2, 0) is 13.1 Å². The number of aromatic nitrogens is 4. The molecule has 4 aromatic rings. The summed E-state index contributed by atoms with van der Waals surface area (Å²) in [7, 11) is -8.16. The van der Waals surface area contributed by atoms with E-state index in [1.165, 1.54) is 11.6 Å². The van der Waals surface area contributed by atoms with Crippen LogP contribution in [0.1, 0.15) is 11.4 Å². The molecular weight excluding hydrogens is 443 g/mol. The number of nitrogen functional groups attached to an aromatic ring is 1. The van der Waals surface area contributed by atoms with Crippen molar-refractivity contribution in [3.8, 4) is 5.75 Å². The third kappa shape index (κ3) is 4.18. The van der Waals surface area contributed by atoms with Crippen LogP contribution in [0.4, 0.5) is 25.4 Å². The molecule has 0 amide bonds. The number of para-hydroxylation sites is 1. The van der Waals surface area contributed by atoms with Crippen molar-refractivity contribution >= 4 is 32.7 Å². The number of methoxy groups -OCH3 is 1. The van der Waals surface area contributed by atoms with Crippen molar-refractivity contribution in [2.24, 2.45) is 0 Å². The molecule has 0 radical (unpaired) electrons. The summed E-state index contributed by atoms with van der Waals surface area (Å²) < 4.78 is 70.6. The Balaban J connectivity index is 1.53. The fourth-order valence-electron chi connectivity index (χ4n) is 3.09. The SMILES string of the molecule is COc1cccc2c1nc(N)n1nc(CNCc3ccc(S(F)(F)(F)(F)F)cc3)nc21. The Labute approximate surface area is 172 Å². The zero-order valence-corrected chi connectivity index (χ0v) is 16.8. The van der Waals surface area contributed by atoms with Gasteiger partial charge in [-0.25, -0.2) is 9.97 Å². The molecule has 0 saturated heterocycles. The van der Waals surface area contributed by atoms with Crippen LogP contribution in [0.5, 0.6) is 5.75 Å². The minimum absolute atomic E-state index is 0.109. The fraction of sp³-hybridized carbons (Fsp3) is 0.167. The normalized spacial score (nSPS) is 14.5. The summed E-state index contributed by atoms with van der Waals surface area (Å²) >= 11 is 0. The minimum Gasteiger partial charge on any atom is -0.494 e. The zero-order chi connectivity index (χ0) is 22.5. The topological polar surface area (TPSA) is 90.4 Å². The molecule has 0 bridgehead atoms. The summed E-state index contributed by atoms with van der Waals surface area (Å²) in [6.07, 6.45) is 0. The average Bonchev–Trinajstić information content (AvgIpc) is 3.11. The lowest BCUT2D eigenvalue weighted by molar-refractivity contribution is 0.364. The number of hydrogen-bond acceptors (Lipinski definition) is 6. The Morgan fingerprint density at radius 1 is 1.00 bits per heavy atom. The van der Waals surface area contributed by atoms with Crippen LogP contribution in [0.2, 0.25) is 0 Å². The monoisotopic (exact) mass is 460 g/mol. The molecule has 0 saturated carbocycles. The van der Waals surface area contributed by atoms with E-state index < -0.39 is 15.1 Å². The predicted octanol–water partition coefficient (Wildman–Crippen LogP) is 4.82. The summed E-state index contributed by atoms with van der Waals surface area (Å²) in [5, 5.41) is 7.93. The Hall–Kier alpha value is -3.19. The summed E-state index contributed by atoms with van der Waals surface area (Å²) in [5.74, 6) is 1.01. The number of ether oxygens (including phenoxy) is 1. The van der Waals surface area contributed by atoms with Crippen LogP contribution in [-0.4, -0.2) is 26.7 Å². The van der Waals surface area contributed by atoms with E-state index >= 15 is 0 Å². The molecule has 0 spiro atoms. The summed E-state index contributed by atoms with van der Waals surface area (Å²) in [6.45, 7) is 0.286. The highest BCUT2D eigenvalue weighted by Gasteiger charge is 2.65. The number of halogens is 5. The van der Waals surface area contributed by atoms with E-state index in [1.807, 2.05) is 0 Å². The molecule has 2 aromatic carbocycles. The second-order valence-electron chi connectivity index (χ2n) is 6.81. The van der Waals surface area contributed by atoms with Crippen molar-refractivity contribution in [1.29, 1.82) is 0 Å². The van der Waals surface area contributed by atoms with Gasteiger partial charge in [-0.1, -0.05) is 37.6 Å². The largest absolute Gasteiger partial charge is 0.494 e. The molecule has 7 nitrogen and oxygen atoms in total. The number of fused-ring (bicyclic) bond motifs is 3. The van der Waals surface area contributed by atoms with Gasteiger partial charge >= 0.3 is 10.2 Å². The molecule has 0 aliphatic carbocycles. The average molecular weight is 460 g/mol. The van der Waals surface area contributed by atoms with Gasteiger partial charge in [-0.05, 0) is 29.8 Å². The maximum atomic E-state index is 12.8. The van der Waals surface area contributed by atoms with Crippen molar-refractivity contribution in [1.82, 2.24) is 24.9 Å². The maximum absolute atomic E-state index is 12.8. The first-order valence-corrected chi connectivity index (χ1v) is 10.8. The van der Waals surface area contributed by atoms with Crippen LogP contribution in [0.3, 0.4) is 0 Å². The van der Waals surface area contributed by atoms with Gasteiger partial charge in [0, 0.05) is 11.9 Å². The van der Waals surface area contributed by atoms with E-state index in [0.29, 0.717) is 45.8 Å². The number of hydrogen-bond donors (Lipinski definition) is 2. The highest BCUT2D eigenvalue weighted by Crippen LogP contribution is 3.02. The van der Waals surface area contributed by atoms with Gasteiger partial charge in [-0.2, -0.15) is 4.52 Å². The minimum atomic E-state index is -9.67. The predicted molar refractivity (Wildman–Crippen MR) is 108 cm³/mol.